The largest absolute Gasteiger partial charge is 0.490 e. The van der Waals surface area contributed by atoms with E-state index in [9.17, 15) is 9.18 Å². The van der Waals surface area contributed by atoms with Gasteiger partial charge in [-0.2, -0.15) is 0 Å². The summed E-state index contributed by atoms with van der Waals surface area (Å²) in [4.78, 5) is 18.2. The van der Waals surface area contributed by atoms with Crippen molar-refractivity contribution in [2.75, 3.05) is 19.8 Å². The maximum absolute atomic E-state index is 12.3. The van der Waals surface area contributed by atoms with Crippen molar-refractivity contribution in [1.82, 2.24) is 9.88 Å². The van der Waals surface area contributed by atoms with Gasteiger partial charge in [-0.15, -0.1) is 0 Å². The van der Waals surface area contributed by atoms with E-state index in [0.717, 1.165) is 24.8 Å². The predicted molar refractivity (Wildman–Crippen MR) is 102 cm³/mol. The van der Waals surface area contributed by atoms with Gasteiger partial charge in [-0.25, -0.2) is 4.79 Å². The Hall–Kier alpha value is -2.29. The highest BCUT2D eigenvalue weighted by atomic mass is 19.1. The second-order valence-corrected chi connectivity index (χ2v) is 7.64. The van der Waals surface area contributed by atoms with E-state index in [1.165, 1.54) is 0 Å². The number of rotatable bonds is 6. The van der Waals surface area contributed by atoms with Crippen LogP contribution in [0, 0.1) is 11.8 Å². The first kappa shape index (κ1) is 21.0. The topological polar surface area (TPSA) is 51.7 Å². The van der Waals surface area contributed by atoms with Crippen LogP contribution in [0.1, 0.15) is 58.4 Å². The van der Waals surface area contributed by atoms with Gasteiger partial charge in [0.15, 0.2) is 0 Å². The molecule has 1 saturated heterocycles. The molecule has 0 unspecified atom stereocenters. The van der Waals surface area contributed by atoms with Crippen LogP contribution in [0.3, 0.4) is 0 Å². The van der Waals surface area contributed by atoms with Crippen molar-refractivity contribution in [3.8, 4) is 17.6 Å². The molecule has 1 atom stereocenters. The Morgan fingerprint density at radius 2 is 2.19 bits per heavy atom. The predicted octanol–water partition coefficient (Wildman–Crippen LogP) is 4.35. The molecule has 0 radical (unpaired) electrons. The number of pyridine rings is 1. The molecule has 2 heterocycles. The summed E-state index contributed by atoms with van der Waals surface area (Å²) in [5.74, 6) is 6.67. The van der Waals surface area contributed by atoms with E-state index in [1.54, 1.807) is 17.3 Å². The summed E-state index contributed by atoms with van der Waals surface area (Å²) >= 11 is 0. The number of hydrogen-bond acceptors (Lipinski definition) is 4. The molecule has 0 spiro atoms. The van der Waals surface area contributed by atoms with Crippen LogP contribution in [-0.2, 0) is 4.74 Å². The summed E-state index contributed by atoms with van der Waals surface area (Å²) in [5, 5.41) is 0. The molecular weight excluding hydrogens is 347 g/mol. The van der Waals surface area contributed by atoms with Crippen molar-refractivity contribution >= 4 is 6.09 Å². The minimum absolute atomic E-state index is 0.00436. The molecule has 1 aromatic rings. The first-order valence-corrected chi connectivity index (χ1v) is 9.51. The molecule has 1 aliphatic heterocycles. The summed E-state index contributed by atoms with van der Waals surface area (Å²) in [6.07, 6.45) is 6.83. The second-order valence-electron chi connectivity index (χ2n) is 7.64. The fourth-order valence-electron chi connectivity index (χ4n) is 2.80. The number of amides is 1. The van der Waals surface area contributed by atoms with Gasteiger partial charge in [0.25, 0.3) is 0 Å². The van der Waals surface area contributed by atoms with E-state index >= 15 is 0 Å². The number of carbonyl (C=O) groups excluding carboxylic acids is 1. The van der Waals surface area contributed by atoms with Crippen molar-refractivity contribution < 1.29 is 18.7 Å². The zero-order valence-corrected chi connectivity index (χ0v) is 16.5. The quantitative estimate of drug-likeness (QED) is 0.547. The number of alkyl halides is 1. The highest BCUT2D eigenvalue weighted by molar-refractivity contribution is 5.69. The van der Waals surface area contributed by atoms with E-state index in [2.05, 4.69) is 16.8 Å². The van der Waals surface area contributed by atoms with Gasteiger partial charge in [0.1, 0.15) is 18.0 Å². The number of nitrogens with zero attached hydrogens (tertiary/aromatic N) is 2. The second kappa shape index (κ2) is 10.1. The van der Waals surface area contributed by atoms with Crippen molar-refractivity contribution in [3.05, 3.63) is 24.0 Å². The van der Waals surface area contributed by atoms with E-state index in [0.29, 0.717) is 31.7 Å². The Balaban J connectivity index is 1.88. The Morgan fingerprint density at radius 1 is 1.37 bits per heavy atom. The van der Waals surface area contributed by atoms with Crippen LogP contribution in [0.15, 0.2) is 18.5 Å². The highest BCUT2D eigenvalue weighted by Crippen LogP contribution is 2.22. The third kappa shape index (κ3) is 7.46. The molecule has 1 aliphatic rings. The van der Waals surface area contributed by atoms with E-state index in [4.69, 9.17) is 9.47 Å². The number of carbonyl (C=O) groups is 1. The van der Waals surface area contributed by atoms with Crippen molar-refractivity contribution in [3.63, 3.8) is 0 Å². The van der Waals surface area contributed by atoms with Crippen molar-refractivity contribution in [2.45, 2.75) is 64.5 Å². The average Bonchev–Trinajstić information content (AvgIpc) is 3.07. The summed E-state index contributed by atoms with van der Waals surface area (Å²) < 4.78 is 23.4. The Labute approximate surface area is 161 Å². The molecule has 5 nitrogen and oxygen atoms in total. The smallest absolute Gasteiger partial charge is 0.410 e. The van der Waals surface area contributed by atoms with Gasteiger partial charge >= 0.3 is 6.09 Å². The van der Waals surface area contributed by atoms with Gasteiger partial charge in [-0.05, 0) is 52.5 Å². The molecule has 148 valence electrons. The van der Waals surface area contributed by atoms with Gasteiger partial charge < -0.3 is 14.4 Å². The monoisotopic (exact) mass is 376 g/mol. The van der Waals surface area contributed by atoms with Gasteiger partial charge in [-0.1, -0.05) is 11.8 Å². The Kier molecular flexibility index (Phi) is 7.90. The van der Waals surface area contributed by atoms with Gasteiger partial charge in [-0.3, -0.25) is 9.37 Å². The lowest BCUT2D eigenvalue weighted by Crippen LogP contribution is -2.42. The molecule has 1 aromatic heterocycles. The molecule has 0 aliphatic carbocycles. The first-order chi connectivity index (χ1) is 12.9. The standard InChI is InChI=1S/C21H29FN2O3/c1-21(2,3)27-20(25)24-12-8-10-18(24)16-26-19-13-17(14-23-15-19)9-6-4-5-7-11-22/h13-15,18H,4-5,7-8,10-12,16H2,1-3H3/t18-/m0/s1. The van der Waals surface area contributed by atoms with Crippen molar-refractivity contribution in [1.29, 1.82) is 0 Å². The van der Waals surface area contributed by atoms with Crippen LogP contribution in [0.5, 0.6) is 5.75 Å². The fraction of sp³-hybridized carbons (Fsp3) is 0.619. The van der Waals surface area contributed by atoms with Crippen LogP contribution in [0.2, 0.25) is 0 Å². The maximum atomic E-state index is 12.3. The summed E-state index contributed by atoms with van der Waals surface area (Å²) in [7, 11) is 0. The molecule has 0 saturated carbocycles. The van der Waals surface area contributed by atoms with Crippen LogP contribution < -0.4 is 4.74 Å². The average molecular weight is 376 g/mol. The highest BCUT2D eigenvalue weighted by Gasteiger charge is 2.32. The van der Waals surface area contributed by atoms with Gasteiger partial charge in [0.2, 0.25) is 0 Å². The third-order valence-electron chi connectivity index (χ3n) is 4.08. The van der Waals surface area contributed by atoms with E-state index < -0.39 is 5.60 Å². The van der Waals surface area contributed by atoms with Crippen molar-refractivity contribution in [2.24, 2.45) is 0 Å². The summed E-state index contributed by atoms with van der Waals surface area (Å²) in [5.41, 5.74) is 0.259. The molecule has 2 rings (SSSR count). The van der Waals surface area contributed by atoms with Crippen LogP contribution in [0.25, 0.3) is 0 Å². The van der Waals surface area contributed by atoms with E-state index in [-0.39, 0.29) is 18.8 Å². The number of likely N-dealkylation sites (tertiary alicyclic amines) is 1. The molecular formula is C21H29FN2O3. The lowest BCUT2D eigenvalue weighted by atomic mass is 10.2. The molecule has 27 heavy (non-hydrogen) atoms. The van der Waals surface area contributed by atoms with E-state index in [1.807, 2.05) is 26.8 Å². The van der Waals surface area contributed by atoms with Crippen LogP contribution in [0.4, 0.5) is 9.18 Å². The number of unbranched alkanes of at least 4 members (excludes halogenated alkanes) is 2. The summed E-state index contributed by atoms with van der Waals surface area (Å²) in [6, 6.07) is 1.83. The number of halogens is 1. The zero-order valence-electron chi connectivity index (χ0n) is 16.5. The zero-order chi connectivity index (χ0) is 19.7. The van der Waals surface area contributed by atoms with Gasteiger partial charge in [0, 0.05) is 24.7 Å². The normalized spacial score (nSPS) is 16.6. The lowest BCUT2D eigenvalue weighted by Gasteiger charge is -2.28. The fourth-order valence-corrected chi connectivity index (χ4v) is 2.80. The van der Waals surface area contributed by atoms with Crippen LogP contribution >= 0.6 is 0 Å². The number of aromatic nitrogens is 1. The van der Waals surface area contributed by atoms with Gasteiger partial charge in [0.05, 0.1) is 18.9 Å². The summed E-state index contributed by atoms with van der Waals surface area (Å²) in [6.45, 7) is 6.38. The first-order valence-electron chi connectivity index (χ1n) is 9.51. The molecule has 0 bridgehead atoms. The maximum Gasteiger partial charge on any atom is 0.410 e. The minimum Gasteiger partial charge on any atom is -0.490 e. The van der Waals surface area contributed by atoms with Crippen LogP contribution in [-0.4, -0.2) is 47.4 Å². The molecule has 1 amide bonds. The molecule has 6 heteroatoms. The third-order valence-corrected chi connectivity index (χ3v) is 4.08. The minimum atomic E-state index is -0.508. The lowest BCUT2D eigenvalue weighted by molar-refractivity contribution is 0.0187. The molecule has 0 N–H and O–H groups in total. The SMILES string of the molecule is CC(C)(C)OC(=O)N1CCC[C@H]1COc1cncc(C#CCCCCF)c1. The Bertz CT molecular complexity index is 676. The number of hydrogen-bond donors (Lipinski definition) is 0. The molecule has 1 fully saturated rings. The Morgan fingerprint density at radius 3 is 2.93 bits per heavy atom. The number of ether oxygens (including phenoxy) is 2. The molecule has 0 aromatic carbocycles.